The summed E-state index contributed by atoms with van der Waals surface area (Å²) in [4.78, 5) is 8.41. The summed E-state index contributed by atoms with van der Waals surface area (Å²) < 4.78 is 48.4. The number of ether oxygens (including phenoxy) is 1. The Balaban J connectivity index is 1.97. The number of halogens is 3. The van der Waals surface area contributed by atoms with E-state index in [1.165, 1.54) is 12.4 Å². The third-order valence-corrected chi connectivity index (χ3v) is 4.62. The second kappa shape index (κ2) is 7.81. The highest BCUT2D eigenvalue weighted by atomic mass is 19.4. The molecule has 0 fully saturated rings. The average Bonchev–Trinajstić information content (AvgIpc) is 3.00. The van der Waals surface area contributed by atoms with E-state index in [2.05, 4.69) is 23.8 Å². The summed E-state index contributed by atoms with van der Waals surface area (Å²) in [5.41, 5.74) is 0.732. The molecule has 1 aromatic carbocycles. The highest BCUT2D eigenvalue weighted by Crippen LogP contribution is 2.39. The molecule has 3 aromatic rings. The predicted molar refractivity (Wildman–Crippen MR) is 103 cm³/mol. The minimum atomic E-state index is -4.52. The summed E-state index contributed by atoms with van der Waals surface area (Å²) >= 11 is 0. The number of hydrogen-bond donors (Lipinski definition) is 0. The lowest BCUT2D eigenvalue weighted by Crippen LogP contribution is -2.14. The van der Waals surface area contributed by atoms with E-state index < -0.39 is 11.7 Å². The van der Waals surface area contributed by atoms with Gasteiger partial charge in [0, 0.05) is 24.2 Å². The van der Waals surface area contributed by atoms with E-state index in [-0.39, 0.29) is 18.3 Å². The fraction of sp³-hybridized carbons (Fsp3) is 0.429. The first-order valence-electron chi connectivity index (χ1n) is 9.27. The van der Waals surface area contributed by atoms with Gasteiger partial charge < -0.3 is 9.30 Å². The number of aryl methyl sites for hydroxylation is 1. The molecule has 2 heterocycles. The van der Waals surface area contributed by atoms with Gasteiger partial charge in [-0.05, 0) is 42.5 Å². The lowest BCUT2D eigenvalue weighted by molar-refractivity contribution is -0.139. The summed E-state index contributed by atoms with van der Waals surface area (Å²) in [6, 6.07) is 5.91. The predicted octanol–water partition coefficient (Wildman–Crippen LogP) is 5.72. The Kier molecular flexibility index (Phi) is 5.63. The molecule has 3 rings (SSSR count). The summed E-state index contributed by atoms with van der Waals surface area (Å²) in [5.74, 6) is 0.492. The number of alkyl halides is 3. The van der Waals surface area contributed by atoms with Crippen LogP contribution in [0.4, 0.5) is 13.2 Å². The number of nitrogens with zero attached hydrogens (tertiary/aromatic N) is 3. The molecule has 0 saturated carbocycles. The van der Waals surface area contributed by atoms with Crippen LogP contribution in [0, 0.1) is 11.8 Å². The Bertz CT molecular complexity index is 963. The molecule has 0 spiro atoms. The lowest BCUT2D eigenvalue weighted by atomic mass is 10.00. The normalized spacial score (nSPS) is 13.3. The zero-order valence-electron chi connectivity index (χ0n) is 16.4. The summed E-state index contributed by atoms with van der Waals surface area (Å²) in [6.07, 6.45) is -0.453. The molecule has 0 aliphatic carbocycles. The van der Waals surface area contributed by atoms with E-state index in [0.717, 1.165) is 12.5 Å². The van der Waals surface area contributed by atoms with Crippen LogP contribution in [-0.2, 0) is 13.2 Å². The smallest absolute Gasteiger partial charge is 0.419 e. The third-order valence-electron chi connectivity index (χ3n) is 4.62. The van der Waals surface area contributed by atoms with Crippen molar-refractivity contribution < 1.29 is 17.9 Å². The standard InChI is InChI=1S/C21H24F3N3O/c1-13(2)9-14(3)11-28-18-6-5-15(10-17(18)21(22,23)24)19-16-7-8-27(4)20(16)26-12-25-19/h5-8,10,12-14H,9,11H2,1-4H3/t14-/m1/s1. The maximum Gasteiger partial charge on any atom is 0.419 e. The van der Waals surface area contributed by atoms with Crippen LogP contribution in [0.25, 0.3) is 22.3 Å². The van der Waals surface area contributed by atoms with Crippen molar-refractivity contribution in [2.75, 3.05) is 6.61 Å². The minimum Gasteiger partial charge on any atom is -0.493 e. The number of aromatic nitrogens is 3. The number of hydrogen-bond acceptors (Lipinski definition) is 3. The molecule has 0 unspecified atom stereocenters. The largest absolute Gasteiger partial charge is 0.493 e. The fourth-order valence-corrected chi connectivity index (χ4v) is 3.44. The van der Waals surface area contributed by atoms with Gasteiger partial charge in [0.2, 0.25) is 0 Å². The first-order chi connectivity index (χ1) is 13.2. The van der Waals surface area contributed by atoms with Crippen LogP contribution in [0.5, 0.6) is 5.75 Å². The van der Waals surface area contributed by atoms with Crippen LogP contribution in [-0.4, -0.2) is 21.1 Å². The summed E-state index contributed by atoms with van der Waals surface area (Å²) in [7, 11) is 1.83. The van der Waals surface area contributed by atoms with Crippen LogP contribution < -0.4 is 4.74 Å². The van der Waals surface area contributed by atoms with Crippen LogP contribution in [0.15, 0.2) is 36.8 Å². The van der Waals surface area contributed by atoms with Crippen LogP contribution in [0.2, 0.25) is 0 Å². The summed E-state index contributed by atoms with van der Waals surface area (Å²) in [6.45, 7) is 6.39. The molecule has 150 valence electrons. The van der Waals surface area contributed by atoms with Crippen molar-refractivity contribution in [2.45, 2.75) is 33.4 Å². The van der Waals surface area contributed by atoms with Gasteiger partial charge in [-0.1, -0.05) is 20.8 Å². The zero-order chi connectivity index (χ0) is 20.5. The maximum absolute atomic E-state index is 13.7. The van der Waals surface area contributed by atoms with Gasteiger partial charge in [0.05, 0.1) is 17.9 Å². The van der Waals surface area contributed by atoms with E-state index in [9.17, 15) is 13.2 Å². The molecule has 0 aliphatic heterocycles. The van der Waals surface area contributed by atoms with E-state index >= 15 is 0 Å². The lowest BCUT2D eigenvalue weighted by Gasteiger charge is -2.19. The molecular formula is C21H24F3N3O. The molecule has 28 heavy (non-hydrogen) atoms. The molecule has 1 atom stereocenters. The van der Waals surface area contributed by atoms with Gasteiger partial charge in [0.25, 0.3) is 0 Å². The van der Waals surface area contributed by atoms with Crippen molar-refractivity contribution in [2.24, 2.45) is 18.9 Å². The van der Waals surface area contributed by atoms with Crippen LogP contribution in [0.1, 0.15) is 32.8 Å². The fourth-order valence-electron chi connectivity index (χ4n) is 3.44. The first-order valence-corrected chi connectivity index (χ1v) is 9.27. The molecule has 2 aromatic heterocycles. The Labute approximate surface area is 162 Å². The SMILES string of the molecule is CC(C)C[C@@H](C)COc1ccc(-c2ncnc3c2ccn3C)cc1C(F)(F)F. The highest BCUT2D eigenvalue weighted by molar-refractivity contribution is 5.91. The van der Waals surface area contributed by atoms with E-state index in [1.807, 2.05) is 14.0 Å². The number of rotatable bonds is 6. The van der Waals surface area contributed by atoms with Gasteiger partial charge in [-0.15, -0.1) is 0 Å². The van der Waals surface area contributed by atoms with Crippen LogP contribution >= 0.6 is 0 Å². The average molecular weight is 391 g/mol. The Morgan fingerprint density at radius 2 is 1.86 bits per heavy atom. The van der Waals surface area contributed by atoms with Gasteiger partial charge in [-0.2, -0.15) is 13.2 Å². The van der Waals surface area contributed by atoms with Crippen molar-refractivity contribution in [3.05, 3.63) is 42.4 Å². The third kappa shape index (κ3) is 4.29. The van der Waals surface area contributed by atoms with Gasteiger partial charge in [0.15, 0.2) is 0 Å². The quantitative estimate of drug-likeness (QED) is 0.540. The van der Waals surface area contributed by atoms with Gasteiger partial charge in [-0.3, -0.25) is 0 Å². The monoisotopic (exact) mass is 391 g/mol. The zero-order valence-corrected chi connectivity index (χ0v) is 16.4. The number of benzene rings is 1. The van der Waals surface area contributed by atoms with Crippen LogP contribution in [0.3, 0.4) is 0 Å². The molecular weight excluding hydrogens is 367 g/mol. The first kappa shape index (κ1) is 20.2. The number of fused-ring (bicyclic) bond motifs is 1. The maximum atomic E-state index is 13.7. The molecule has 4 nitrogen and oxygen atoms in total. The Hall–Kier alpha value is -2.57. The Morgan fingerprint density at radius 1 is 1.11 bits per heavy atom. The molecule has 7 heteroatoms. The highest BCUT2D eigenvalue weighted by Gasteiger charge is 2.35. The van der Waals surface area contributed by atoms with E-state index in [4.69, 9.17) is 4.74 Å². The molecule has 0 bridgehead atoms. The molecule has 0 aliphatic rings. The molecule has 0 saturated heterocycles. The topological polar surface area (TPSA) is 39.9 Å². The van der Waals surface area contributed by atoms with E-state index in [1.54, 1.807) is 22.9 Å². The second-order valence-corrected chi connectivity index (χ2v) is 7.64. The molecule has 0 N–H and O–H groups in total. The van der Waals surface area contributed by atoms with E-state index in [0.29, 0.717) is 28.2 Å². The minimum absolute atomic E-state index is 0.148. The van der Waals surface area contributed by atoms with Crippen molar-refractivity contribution >= 4 is 11.0 Å². The molecule has 0 radical (unpaired) electrons. The van der Waals surface area contributed by atoms with Crippen molar-refractivity contribution in [3.8, 4) is 17.0 Å². The summed E-state index contributed by atoms with van der Waals surface area (Å²) in [5, 5.41) is 0.706. The Morgan fingerprint density at radius 3 is 2.54 bits per heavy atom. The van der Waals surface area contributed by atoms with Gasteiger partial charge >= 0.3 is 6.18 Å². The molecule has 0 amide bonds. The van der Waals surface area contributed by atoms with Crippen molar-refractivity contribution in [1.82, 2.24) is 14.5 Å². The van der Waals surface area contributed by atoms with Crippen molar-refractivity contribution in [1.29, 1.82) is 0 Å². The van der Waals surface area contributed by atoms with Gasteiger partial charge in [0.1, 0.15) is 17.7 Å². The second-order valence-electron chi connectivity index (χ2n) is 7.64. The van der Waals surface area contributed by atoms with Crippen molar-refractivity contribution in [3.63, 3.8) is 0 Å². The van der Waals surface area contributed by atoms with Gasteiger partial charge in [-0.25, -0.2) is 9.97 Å².